The van der Waals surface area contributed by atoms with Crippen LogP contribution >= 0.6 is 21.6 Å². The van der Waals surface area contributed by atoms with Crippen molar-refractivity contribution < 1.29 is 8.78 Å². The molecule has 0 amide bonds. The second-order valence-electron chi connectivity index (χ2n) is 7.12. The molecule has 3 aromatic rings. The summed E-state index contributed by atoms with van der Waals surface area (Å²) in [6, 6.07) is 3.44. The Bertz CT molecular complexity index is 963. The van der Waals surface area contributed by atoms with Crippen LogP contribution in [0.4, 0.5) is 8.78 Å². The van der Waals surface area contributed by atoms with E-state index < -0.39 is 21.8 Å². The number of hydrogen-bond donors (Lipinski definition) is 1. The van der Waals surface area contributed by atoms with E-state index in [9.17, 15) is 4.39 Å². The van der Waals surface area contributed by atoms with Crippen LogP contribution in [0.5, 0.6) is 0 Å². The van der Waals surface area contributed by atoms with Gasteiger partial charge in [0.2, 0.25) is 5.95 Å². The van der Waals surface area contributed by atoms with E-state index in [1.54, 1.807) is 18.3 Å². The molecule has 3 rings (SSSR count). The highest BCUT2D eigenvalue weighted by Gasteiger charge is 2.37. The first-order valence-corrected chi connectivity index (χ1v) is 10.5. The number of nitrogens with zero attached hydrogens (tertiary/aromatic N) is 3. The van der Waals surface area contributed by atoms with E-state index in [2.05, 4.69) is 20.2 Å². The fourth-order valence-corrected chi connectivity index (χ4v) is 4.84. The largest absolute Gasteiger partial charge is 0.273 e. The van der Waals surface area contributed by atoms with Crippen molar-refractivity contribution in [2.75, 3.05) is 12.5 Å². The number of aromatic nitrogens is 4. The van der Waals surface area contributed by atoms with Gasteiger partial charge in [0.25, 0.3) is 0 Å². The standard InChI is InChI=1S/C17H19ClF2N4S/c1-17(2,3)25(4,5)14-10(18)15(20)22-13(11(14)19)12-9-7-6-8-21-16(9)24-23-12/h6-8H,1-5H3,(H,21,23,24). The van der Waals surface area contributed by atoms with Gasteiger partial charge in [-0.05, 0) is 29.4 Å². The summed E-state index contributed by atoms with van der Waals surface area (Å²) in [6.45, 7) is 5.98. The molecule has 0 radical (unpaired) electrons. The van der Waals surface area contributed by atoms with Crippen LogP contribution in [-0.2, 0) is 0 Å². The molecular formula is C17H19ClF2N4S. The van der Waals surface area contributed by atoms with Crippen molar-refractivity contribution in [2.24, 2.45) is 0 Å². The predicted octanol–water partition coefficient (Wildman–Crippen LogP) is 5.17. The van der Waals surface area contributed by atoms with E-state index in [1.165, 1.54) is 0 Å². The molecule has 8 heteroatoms. The first-order chi connectivity index (χ1) is 11.6. The van der Waals surface area contributed by atoms with Crippen molar-refractivity contribution >= 4 is 32.7 Å². The van der Waals surface area contributed by atoms with E-state index in [0.29, 0.717) is 16.7 Å². The molecule has 0 aliphatic carbocycles. The van der Waals surface area contributed by atoms with Gasteiger partial charge >= 0.3 is 0 Å². The van der Waals surface area contributed by atoms with Crippen molar-refractivity contribution in [1.29, 1.82) is 0 Å². The number of halogens is 3. The average molecular weight is 385 g/mol. The normalized spacial score (nSPS) is 13.4. The third kappa shape index (κ3) is 2.79. The van der Waals surface area contributed by atoms with Crippen LogP contribution in [0, 0.1) is 11.8 Å². The third-order valence-electron chi connectivity index (χ3n) is 4.61. The molecule has 134 valence electrons. The number of pyridine rings is 2. The predicted molar refractivity (Wildman–Crippen MR) is 99.5 cm³/mol. The maximum atomic E-state index is 15.5. The van der Waals surface area contributed by atoms with Gasteiger partial charge in [0.1, 0.15) is 10.7 Å². The third-order valence-corrected chi connectivity index (χ3v) is 9.53. The Labute approximate surface area is 151 Å². The fraction of sp³-hybridized carbons (Fsp3) is 0.353. The van der Waals surface area contributed by atoms with Crippen molar-refractivity contribution in [3.05, 3.63) is 35.1 Å². The molecule has 0 fully saturated rings. The molecule has 0 spiro atoms. The van der Waals surface area contributed by atoms with Crippen LogP contribution in [0.25, 0.3) is 22.4 Å². The Morgan fingerprint density at radius 2 is 1.88 bits per heavy atom. The molecule has 0 atom stereocenters. The molecule has 0 unspecified atom stereocenters. The van der Waals surface area contributed by atoms with Crippen LogP contribution in [-0.4, -0.2) is 37.4 Å². The summed E-state index contributed by atoms with van der Waals surface area (Å²) in [4.78, 5) is 8.05. The van der Waals surface area contributed by atoms with Gasteiger partial charge in [-0.15, -0.1) is 0 Å². The Balaban J connectivity index is 2.34. The fourth-order valence-electron chi connectivity index (χ4n) is 2.44. The summed E-state index contributed by atoms with van der Waals surface area (Å²) in [6.07, 6.45) is 5.43. The van der Waals surface area contributed by atoms with Gasteiger partial charge in [0.05, 0.1) is 10.6 Å². The molecule has 0 aliphatic rings. The average Bonchev–Trinajstić information content (AvgIpc) is 2.93. The summed E-state index contributed by atoms with van der Waals surface area (Å²) in [5.41, 5.74) is 0.580. The number of aromatic amines is 1. The zero-order valence-electron chi connectivity index (χ0n) is 14.6. The molecular weight excluding hydrogens is 366 g/mol. The maximum Gasteiger partial charge on any atom is 0.233 e. The summed E-state index contributed by atoms with van der Waals surface area (Å²) in [5, 5.41) is 7.08. The number of H-pyrrole nitrogens is 1. The lowest BCUT2D eigenvalue weighted by atomic mass is 10.2. The van der Waals surface area contributed by atoms with E-state index in [0.717, 1.165) is 0 Å². The minimum absolute atomic E-state index is 0.128. The molecule has 0 aliphatic heterocycles. The van der Waals surface area contributed by atoms with E-state index in [-0.39, 0.29) is 20.4 Å². The summed E-state index contributed by atoms with van der Waals surface area (Å²) in [7, 11) is -1.76. The van der Waals surface area contributed by atoms with E-state index >= 15 is 4.39 Å². The molecule has 0 bridgehead atoms. The topological polar surface area (TPSA) is 54.5 Å². The first kappa shape index (κ1) is 18.1. The highest BCUT2D eigenvalue weighted by Crippen LogP contribution is 2.63. The van der Waals surface area contributed by atoms with Gasteiger partial charge in [0, 0.05) is 11.6 Å². The summed E-state index contributed by atoms with van der Waals surface area (Å²) < 4.78 is 29.7. The van der Waals surface area contributed by atoms with Crippen molar-refractivity contribution in [3.8, 4) is 11.4 Å². The van der Waals surface area contributed by atoms with E-state index in [1.807, 2.05) is 33.3 Å². The highest BCUT2D eigenvalue weighted by molar-refractivity contribution is 8.33. The van der Waals surface area contributed by atoms with Gasteiger partial charge in [-0.25, -0.2) is 24.4 Å². The second kappa shape index (κ2) is 5.92. The lowest BCUT2D eigenvalue weighted by molar-refractivity contribution is 0.544. The minimum Gasteiger partial charge on any atom is -0.273 e. The van der Waals surface area contributed by atoms with Crippen molar-refractivity contribution in [3.63, 3.8) is 0 Å². The lowest BCUT2D eigenvalue weighted by Crippen LogP contribution is -2.25. The smallest absolute Gasteiger partial charge is 0.233 e. The number of hydrogen-bond acceptors (Lipinski definition) is 3. The lowest BCUT2D eigenvalue weighted by Gasteiger charge is -2.45. The second-order valence-corrected chi connectivity index (χ2v) is 11.8. The first-order valence-electron chi connectivity index (χ1n) is 7.62. The van der Waals surface area contributed by atoms with Crippen LogP contribution in [0.1, 0.15) is 20.8 Å². The molecule has 0 saturated carbocycles. The zero-order chi connectivity index (χ0) is 18.6. The Morgan fingerprint density at radius 1 is 1.20 bits per heavy atom. The zero-order valence-corrected chi connectivity index (χ0v) is 16.2. The van der Waals surface area contributed by atoms with Crippen LogP contribution in [0.2, 0.25) is 5.02 Å². The minimum atomic E-state index is -1.76. The molecule has 0 saturated heterocycles. The van der Waals surface area contributed by atoms with Crippen LogP contribution < -0.4 is 0 Å². The van der Waals surface area contributed by atoms with Crippen LogP contribution in [0.3, 0.4) is 0 Å². The maximum absolute atomic E-state index is 15.5. The number of fused-ring (bicyclic) bond motifs is 1. The Morgan fingerprint density at radius 3 is 2.52 bits per heavy atom. The van der Waals surface area contributed by atoms with E-state index in [4.69, 9.17) is 11.6 Å². The summed E-state index contributed by atoms with van der Waals surface area (Å²) in [5.74, 6) is -1.50. The van der Waals surface area contributed by atoms with Gasteiger partial charge < -0.3 is 0 Å². The molecule has 0 aromatic carbocycles. The molecule has 3 heterocycles. The highest BCUT2D eigenvalue weighted by atomic mass is 35.5. The summed E-state index contributed by atoms with van der Waals surface area (Å²) >= 11 is 6.15. The molecule has 1 N–H and O–H groups in total. The quantitative estimate of drug-likeness (QED) is 0.620. The number of nitrogens with one attached hydrogen (secondary N) is 1. The Kier molecular flexibility index (Phi) is 4.28. The van der Waals surface area contributed by atoms with Gasteiger partial charge in [-0.2, -0.15) is 9.49 Å². The van der Waals surface area contributed by atoms with Gasteiger partial charge in [0.15, 0.2) is 11.5 Å². The molecule has 3 aromatic heterocycles. The van der Waals surface area contributed by atoms with Crippen molar-refractivity contribution in [2.45, 2.75) is 30.4 Å². The van der Waals surface area contributed by atoms with Gasteiger partial charge in [-0.3, -0.25) is 5.10 Å². The Hall–Kier alpha value is -1.73. The number of rotatable bonds is 2. The van der Waals surface area contributed by atoms with Gasteiger partial charge in [-0.1, -0.05) is 32.4 Å². The van der Waals surface area contributed by atoms with Crippen LogP contribution in [0.15, 0.2) is 23.2 Å². The van der Waals surface area contributed by atoms with Crippen molar-refractivity contribution in [1.82, 2.24) is 20.2 Å². The molecule has 25 heavy (non-hydrogen) atoms. The monoisotopic (exact) mass is 384 g/mol. The SMILES string of the molecule is CC(C)(C)S(C)(C)c1c(F)c(-c2[nH]nc3ncccc23)nc(F)c1Cl. The molecule has 4 nitrogen and oxygen atoms in total.